The first kappa shape index (κ1) is 17.1. The van der Waals surface area contributed by atoms with Gasteiger partial charge in [-0.15, -0.1) is 0 Å². The number of alkyl halides is 3. The van der Waals surface area contributed by atoms with Gasteiger partial charge in [0.1, 0.15) is 5.60 Å². The summed E-state index contributed by atoms with van der Waals surface area (Å²) in [7, 11) is 0. The molecule has 1 spiro atoms. The van der Waals surface area contributed by atoms with Crippen molar-refractivity contribution in [3.8, 4) is 0 Å². The van der Waals surface area contributed by atoms with Crippen molar-refractivity contribution in [1.82, 2.24) is 5.32 Å². The maximum atomic E-state index is 11.5. The van der Waals surface area contributed by atoms with Crippen LogP contribution >= 0.6 is 0 Å². The van der Waals surface area contributed by atoms with Crippen LogP contribution in [0, 0.1) is 0 Å². The van der Waals surface area contributed by atoms with Crippen LogP contribution in [0.2, 0.25) is 0 Å². The highest BCUT2D eigenvalue weighted by atomic mass is 19.4. The third-order valence-corrected chi connectivity index (χ3v) is 3.60. The normalized spacial score (nSPS) is 18.8. The number of para-hydroxylation sites is 1. The topological polar surface area (TPSA) is 87.7 Å². The largest absolute Gasteiger partial charge is 0.490 e. The minimum atomic E-state index is -5.08. The molecule has 9 heteroatoms. The van der Waals surface area contributed by atoms with E-state index in [1.54, 1.807) is 0 Å². The number of piperidine rings is 1. The highest BCUT2D eigenvalue weighted by Crippen LogP contribution is 2.41. The summed E-state index contributed by atoms with van der Waals surface area (Å²) in [6, 6.07) is 7.89. The Morgan fingerprint density at radius 3 is 2.35 bits per heavy atom. The van der Waals surface area contributed by atoms with Crippen LogP contribution in [0.25, 0.3) is 0 Å². The fourth-order valence-corrected chi connectivity index (χ4v) is 2.56. The molecule has 0 radical (unpaired) electrons. The molecule has 2 aliphatic heterocycles. The summed E-state index contributed by atoms with van der Waals surface area (Å²) < 4.78 is 37.3. The standard InChI is InChI=1S/C12H14N2O2.C2HF3O2/c15-11-14-10-4-2-1-3-9(10)12(16-11)5-7-13-8-6-12;3-2(4,5)1(6)7/h1-4,13H,5-8H2,(H,14,15);(H,6,7). The number of hydrogen-bond acceptors (Lipinski definition) is 4. The summed E-state index contributed by atoms with van der Waals surface area (Å²) >= 11 is 0. The Balaban J connectivity index is 0.000000236. The second kappa shape index (κ2) is 6.45. The highest BCUT2D eigenvalue weighted by Gasteiger charge is 2.42. The van der Waals surface area contributed by atoms with Crippen LogP contribution in [0.15, 0.2) is 24.3 Å². The Kier molecular flexibility index (Phi) is 4.79. The van der Waals surface area contributed by atoms with E-state index in [-0.39, 0.29) is 6.09 Å². The van der Waals surface area contributed by atoms with Gasteiger partial charge >= 0.3 is 18.2 Å². The number of nitrogens with one attached hydrogen (secondary N) is 2. The van der Waals surface area contributed by atoms with Crippen molar-refractivity contribution in [3.63, 3.8) is 0 Å². The molecule has 3 N–H and O–H groups in total. The molecule has 1 aromatic rings. The van der Waals surface area contributed by atoms with E-state index in [2.05, 4.69) is 10.6 Å². The summed E-state index contributed by atoms with van der Waals surface area (Å²) in [6.07, 6.45) is -3.73. The number of ether oxygens (including phenoxy) is 1. The van der Waals surface area contributed by atoms with Crippen molar-refractivity contribution >= 4 is 17.7 Å². The first-order chi connectivity index (χ1) is 10.7. The second-order valence-electron chi connectivity index (χ2n) is 5.11. The van der Waals surface area contributed by atoms with Gasteiger partial charge in [0.05, 0.1) is 5.69 Å². The molecule has 1 amide bonds. The third kappa shape index (κ3) is 3.92. The smallest absolute Gasteiger partial charge is 0.475 e. The fourth-order valence-electron chi connectivity index (χ4n) is 2.56. The van der Waals surface area contributed by atoms with Crippen molar-refractivity contribution in [2.75, 3.05) is 18.4 Å². The lowest BCUT2D eigenvalue weighted by molar-refractivity contribution is -0.192. The second-order valence-corrected chi connectivity index (χ2v) is 5.11. The summed E-state index contributed by atoms with van der Waals surface area (Å²) in [5, 5.41) is 13.2. The predicted molar refractivity (Wildman–Crippen MR) is 74.0 cm³/mol. The van der Waals surface area contributed by atoms with Crippen molar-refractivity contribution in [2.24, 2.45) is 0 Å². The fraction of sp³-hybridized carbons (Fsp3) is 0.429. The molecule has 1 aromatic carbocycles. The van der Waals surface area contributed by atoms with Gasteiger partial charge in [-0.2, -0.15) is 13.2 Å². The Morgan fingerprint density at radius 1 is 1.22 bits per heavy atom. The molecule has 23 heavy (non-hydrogen) atoms. The van der Waals surface area contributed by atoms with Gasteiger partial charge in [0.2, 0.25) is 0 Å². The number of carboxylic acids is 1. The van der Waals surface area contributed by atoms with E-state index in [1.807, 2.05) is 24.3 Å². The molecule has 2 heterocycles. The number of rotatable bonds is 0. The van der Waals surface area contributed by atoms with E-state index >= 15 is 0 Å². The molecule has 1 saturated heterocycles. The van der Waals surface area contributed by atoms with Gasteiger partial charge in [0.15, 0.2) is 0 Å². The molecule has 126 valence electrons. The van der Waals surface area contributed by atoms with E-state index in [4.69, 9.17) is 14.6 Å². The maximum Gasteiger partial charge on any atom is 0.490 e. The quantitative estimate of drug-likeness (QED) is 0.679. The van der Waals surface area contributed by atoms with E-state index in [0.717, 1.165) is 37.2 Å². The number of carboxylic acid groups (broad SMARTS) is 1. The van der Waals surface area contributed by atoms with Gasteiger partial charge in [-0.25, -0.2) is 9.59 Å². The molecular formula is C14H15F3N2O4. The number of amides is 1. The average molecular weight is 332 g/mol. The summed E-state index contributed by atoms with van der Waals surface area (Å²) in [5.41, 5.74) is 1.58. The molecule has 0 bridgehead atoms. The minimum Gasteiger partial charge on any atom is -0.475 e. The molecule has 2 aliphatic rings. The average Bonchev–Trinajstić information content (AvgIpc) is 2.47. The van der Waals surface area contributed by atoms with Gasteiger partial charge < -0.3 is 15.2 Å². The molecule has 3 rings (SSSR count). The number of benzene rings is 1. The lowest BCUT2D eigenvalue weighted by Gasteiger charge is -2.41. The van der Waals surface area contributed by atoms with Gasteiger partial charge in [-0.1, -0.05) is 18.2 Å². The van der Waals surface area contributed by atoms with Gasteiger partial charge in [0, 0.05) is 18.4 Å². The van der Waals surface area contributed by atoms with Gasteiger partial charge in [0.25, 0.3) is 0 Å². The lowest BCUT2D eigenvalue weighted by Crippen LogP contribution is -2.46. The Labute approximate surface area is 129 Å². The maximum absolute atomic E-state index is 11.5. The van der Waals surface area contributed by atoms with E-state index in [0.29, 0.717) is 0 Å². The van der Waals surface area contributed by atoms with Crippen LogP contribution in [0.3, 0.4) is 0 Å². The van der Waals surface area contributed by atoms with Crippen LogP contribution < -0.4 is 10.6 Å². The summed E-state index contributed by atoms with van der Waals surface area (Å²) in [6.45, 7) is 1.78. The number of halogens is 3. The molecule has 6 nitrogen and oxygen atoms in total. The SMILES string of the molecule is O=C(O)C(F)(F)F.O=C1Nc2ccccc2C2(CCNCC2)O1. The van der Waals surface area contributed by atoms with Crippen LogP contribution in [0.4, 0.5) is 23.7 Å². The minimum absolute atomic E-state index is 0.333. The molecular weight excluding hydrogens is 317 g/mol. The molecule has 0 atom stereocenters. The number of carbonyl (C=O) groups is 2. The van der Waals surface area contributed by atoms with E-state index in [1.165, 1.54) is 0 Å². The number of carbonyl (C=O) groups excluding carboxylic acids is 1. The van der Waals surface area contributed by atoms with Crippen LogP contribution in [0.1, 0.15) is 18.4 Å². The van der Waals surface area contributed by atoms with E-state index < -0.39 is 17.7 Å². The Hall–Kier alpha value is -2.29. The molecule has 0 unspecified atom stereocenters. The van der Waals surface area contributed by atoms with Crippen LogP contribution in [-0.4, -0.2) is 36.4 Å². The molecule has 0 aromatic heterocycles. The zero-order valence-corrected chi connectivity index (χ0v) is 11.9. The molecule has 0 aliphatic carbocycles. The zero-order valence-electron chi connectivity index (χ0n) is 11.9. The highest BCUT2D eigenvalue weighted by molar-refractivity contribution is 5.88. The van der Waals surface area contributed by atoms with E-state index in [9.17, 15) is 18.0 Å². The zero-order chi connectivity index (χ0) is 17.1. The van der Waals surface area contributed by atoms with Gasteiger partial charge in [-0.05, 0) is 19.2 Å². The molecule has 0 saturated carbocycles. The van der Waals surface area contributed by atoms with Gasteiger partial charge in [-0.3, -0.25) is 5.32 Å². The van der Waals surface area contributed by atoms with Crippen molar-refractivity contribution in [3.05, 3.63) is 29.8 Å². The summed E-state index contributed by atoms with van der Waals surface area (Å²) in [5.74, 6) is -2.76. The number of fused-ring (bicyclic) bond motifs is 2. The predicted octanol–water partition coefficient (Wildman–Crippen LogP) is 2.46. The molecule has 1 fully saturated rings. The lowest BCUT2D eigenvalue weighted by atomic mass is 9.83. The summed E-state index contributed by atoms with van der Waals surface area (Å²) in [4.78, 5) is 20.4. The monoisotopic (exact) mass is 332 g/mol. The Bertz CT molecular complexity index is 598. The van der Waals surface area contributed by atoms with Crippen LogP contribution in [0.5, 0.6) is 0 Å². The Morgan fingerprint density at radius 2 is 1.78 bits per heavy atom. The number of anilines is 1. The number of aliphatic carboxylic acids is 1. The van der Waals surface area contributed by atoms with Crippen LogP contribution in [-0.2, 0) is 15.1 Å². The third-order valence-electron chi connectivity index (χ3n) is 3.60. The first-order valence-electron chi connectivity index (χ1n) is 6.85. The number of hydrogen-bond donors (Lipinski definition) is 3. The van der Waals surface area contributed by atoms with Crippen molar-refractivity contribution < 1.29 is 32.6 Å². The van der Waals surface area contributed by atoms with Crippen molar-refractivity contribution in [2.45, 2.75) is 24.6 Å². The first-order valence-corrected chi connectivity index (χ1v) is 6.85. The van der Waals surface area contributed by atoms with Crippen molar-refractivity contribution in [1.29, 1.82) is 0 Å².